The van der Waals surface area contributed by atoms with E-state index >= 15 is 0 Å². The van der Waals surface area contributed by atoms with Gasteiger partial charge in [0.2, 0.25) is 5.95 Å². The normalized spacial score (nSPS) is 12.0. The molecule has 1 atom stereocenters. The minimum atomic E-state index is 0.275. The monoisotopic (exact) mass is 427 g/mol. The number of nitrogens with one attached hydrogen (secondary N) is 3. The van der Waals surface area contributed by atoms with Crippen LogP contribution in [0.2, 0.25) is 0 Å². The molecular weight excluding hydrogens is 398 g/mol. The molecule has 32 heavy (non-hydrogen) atoms. The summed E-state index contributed by atoms with van der Waals surface area (Å²) in [5.74, 6) is 1.27. The number of nitriles is 1. The Morgan fingerprint density at radius 3 is 2.69 bits per heavy atom. The van der Waals surface area contributed by atoms with Gasteiger partial charge in [-0.25, -0.2) is 4.98 Å². The molecule has 0 amide bonds. The summed E-state index contributed by atoms with van der Waals surface area (Å²) >= 11 is 0. The molecule has 2 aromatic heterocycles. The highest BCUT2D eigenvalue weighted by atomic mass is 15.1. The van der Waals surface area contributed by atoms with Gasteiger partial charge >= 0.3 is 0 Å². The molecule has 7 heteroatoms. The minimum absolute atomic E-state index is 0.275. The Bertz CT molecular complexity index is 1090. The Morgan fingerprint density at radius 1 is 1.16 bits per heavy atom. The molecule has 0 aliphatic rings. The fraction of sp³-hybridized carbons (Fsp3) is 0.280. The summed E-state index contributed by atoms with van der Waals surface area (Å²) in [6.45, 7) is 4.91. The first-order valence-electron chi connectivity index (χ1n) is 10.8. The van der Waals surface area contributed by atoms with Crippen LogP contribution in [0, 0.1) is 11.3 Å². The summed E-state index contributed by atoms with van der Waals surface area (Å²) < 4.78 is 0. The van der Waals surface area contributed by atoms with E-state index in [9.17, 15) is 5.26 Å². The Hall–Kier alpha value is -3.92. The second kappa shape index (κ2) is 11.5. The quantitative estimate of drug-likeness (QED) is 0.432. The lowest BCUT2D eigenvalue weighted by Crippen LogP contribution is -2.16. The Kier molecular flexibility index (Phi) is 8.15. The van der Waals surface area contributed by atoms with Gasteiger partial charge in [0, 0.05) is 49.9 Å². The summed E-state index contributed by atoms with van der Waals surface area (Å²) in [5.41, 5.74) is 4.36. The van der Waals surface area contributed by atoms with Crippen LogP contribution < -0.4 is 16.0 Å². The van der Waals surface area contributed by atoms with Crippen molar-refractivity contribution in [1.82, 2.24) is 20.3 Å². The van der Waals surface area contributed by atoms with Crippen LogP contribution in [-0.4, -0.2) is 34.6 Å². The minimum Gasteiger partial charge on any atom is -0.394 e. The summed E-state index contributed by atoms with van der Waals surface area (Å²) in [6.07, 6.45) is 7.05. The van der Waals surface area contributed by atoms with Crippen molar-refractivity contribution in [1.29, 1.82) is 5.26 Å². The number of anilines is 2. The lowest BCUT2D eigenvalue weighted by molar-refractivity contribution is 0.758. The Morgan fingerprint density at radius 2 is 1.97 bits per heavy atom. The van der Waals surface area contributed by atoms with E-state index in [1.165, 1.54) is 11.1 Å². The molecule has 0 bridgehead atoms. The van der Waals surface area contributed by atoms with E-state index in [0.717, 1.165) is 24.2 Å². The molecule has 0 fully saturated rings. The zero-order valence-electron chi connectivity index (χ0n) is 18.8. The van der Waals surface area contributed by atoms with Gasteiger partial charge in [-0.15, -0.1) is 0 Å². The molecule has 0 radical (unpaired) electrons. The van der Waals surface area contributed by atoms with Crippen molar-refractivity contribution in [2.24, 2.45) is 0 Å². The summed E-state index contributed by atoms with van der Waals surface area (Å²) in [6, 6.07) is 16.4. The van der Waals surface area contributed by atoms with E-state index in [2.05, 4.69) is 63.0 Å². The molecule has 2 heterocycles. The third-order valence-electron chi connectivity index (χ3n) is 5.04. The summed E-state index contributed by atoms with van der Waals surface area (Å²) in [7, 11) is 1.90. The lowest BCUT2D eigenvalue weighted by atomic mass is 10.0. The van der Waals surface area contributed by atoms with Crippen molar-refractivity contribution in [2.75, 3.05) is 24.2 Å². The number of rotatable bonds is 10. The van der Waals surface area contributed by atoms with E-state index in [-0.39, 0.29) is 6.04 Å². The lowest BCUT2D eigenvalue weighted by Gasteiger charge is -2.15. The third kappa shape index (κ3) is 6.29. The third-order valence-corrected chi connectivity index (χ3v) is 5.04. The van der Waals surface area contributed by atoms with Gasteiger partial charge in [0.05, 0.1) is 11.3 Å². The molecule has 0 saturated carbocycles. The zero-order valence-corrected chi connectivity index (χ0v) is 18.8. The molecule has 3 rings (SSSR count). The van der Waals surface area contributed by atoms with Gasteiger partial charge in [0.1, 0.15) is 11.9 Å². The zero-order chi connectivity index (χ0) is 22.8. The predicted molar refractivity (Wildman–Crippen MR) is 130 cm³/mol. The highest BCUT2D eigenvalue weighted by molar-refractivity contribution is 5.67. The SMILES string of the molecule is CCC(C)Nc1cc(-c2cncc(C#N)c2)nc(NCC/C(=C/NC)c2ccccc2)n1. The largest absolute Gasteiger partial charge is 0.394 e. The molecule has 3 aromatic rings. The fourth-order valence-corrected chi connectivity index (χ4v) is 3.18. The van der Waals surface area contributed by atoms with Crippen LogP contribution >= 0.6 is 0 Å². The molecule has 1 aromatic carbocycles. The number of hydrogen-bond donors (Lipinski definition) is 3. The average Bonchev–Trinajstić information content (AvgIpc) is 2.84. The molecule has 3 N–H and O–H groups in total. The van der Waals surface area contributed by atoms with Gasteiger partial charge < -0.3 is 16.0 Å². The first-order valence-corrected chi connectivity index (χ1v) is 10.8. The molecule has 164 valence electrons. The second-order valence-electron chi connectivity index (χ2n) is 7.49. The highest BCUT2D eigenvalue weighted by Crippen LogP contribution is 2.23. The number of benzene rings is 1. The number of hydrogen-bond acceptors (Lipinski definition) is 7. The molecule has 0 saturated heterocycles. The van der Waals surface area contributed by atoms with Gasteiger partial charge in [-0.3, -0.25) is 4.98 Å². The molecule has 0 aliphatic carbocycles. The van der Waals surface area contributed by atoms with Crippen molar-refractivity contribution in [3.05, 3.63) is 72.2 Å². The summed E-state index contributed by atoms with van der Waals surface area (Å²) in [5, 5.41) is 19.1. The van der Waals surface area contributed by atoms with E-state index in [4.69, 9.17) is 0 Å². The number of nitrogens with zero attached hydrogens (tertiary/aromatic N) is 4. The van der Waals surface area contributed by atoms with Crippen LogP contribution in [0.15, 0.2) is 61.1 Å². The Balaban J connectivity index is 1.82. The first kappa shape index (κ1) is 22.8. The predicted octanol–water partition coefficient (Wildman–Crippen LogP) is 4.68. The second-order valence-corrected chi connectivity index (χ2v) is 7.49. The average molecular weight is 428 g/mol. The first-order chi connectivity index (χ1) is 15.6. The van der Waals surface area contributed by atoms with Crippen molar-refractivity contribution in [3.63, 3.8) is 0 Å². The van der Waals surface area contributed by atoms with Gasteiger partial charge in [-0.1, -0.05) is 37.3 Å². The Labute approximate surface area is 189 Å². The topological polar surface area (TPSA) is 98.5 Å². The van der Waals surface area contributed by atoms with Crippen molar-refractivity contribution in [3.8, 4) is 17.3 Å². The highest BCUT2D eigenvalue weighted by Gasteiger charge is 2.10. The maximum atomic E-state index is 9.22. The van der Waals surface area contributed by atoms with E-state index < -0.39 is 0 Å². The maximum absolute atomic E-state index is 9.22. The van der Waals surface area contributed by atoms with Gasteiger partial charge in [-0.2, -0.15) is 10.2 Å². The standard InChI is InChI=1S/C25H29N7/c1-4-18(2)30-24-13-23(22-12-19(14-26)15-28-17-22)31-25(32-24)29-11-10-21(16-27-3)20-8-6-5-7-9-20/h5-9,12-13,15-18,27H,4,10-11H2,1-3H3,(H2,29,30,31,32)/b21-16-. The summed E-state index contributed by atoms with van der Waals surface area (Å²) in [4.78, 5) is 13.5. The molecule has 0 spiro atoms. The van der Waals surface area contributed by atoms with Gasteiger partial charge in [0.15, 0.2) is 0 Å². The molecular formula is C25H29N7. The van der Waals surface area contributed by atoms with Crippen LogP contribution in [0.3, 0.4) is 0 Å². The smallest absolute Gasteiger partial charge is 0.225 e. The van der Waals surface area contributed by atoms with Crippen LogP contribution in [0.5, 0.6) is 0 Å². The molecule has 0 aliphatic heterocycles. The molecule has 7 nitrogen and oxygen atoms in total. The number of aromatic nitrogens is 3. The van der Waals surface area contributed by atoms with Crippen LogP contribution in [-0.2, 0) is 0 Å². The fourth-order valence-electron chi connectivity index (χ4n) is 3.18. The van der Waals surface area contributed by atoms with Crippen LogP contribution in [0.25, 0.3) is 16.8 Å². The molecule has 1 unspecified atom stereocenters. The van der Waals surface area contributed by atoms with Crippen molar-refractivity contribution in [2.45, 2.75) is 32.7 Å². The van der Waals surface area contributed by atoms with Gasteiger partial charge in [-0.05, 0) is 37.0 Å². The number of pyridine rings is 1. The van der Waals surface area contributed by atoms with Crippen molar-refractivity contribution < 1.29 is 0 Å². The van der Waals surface area contributed by atoms with E-state index in [1.54, 1.807) is 18.5 Å². The van der Waals surface area contributed by atoms with Crippen molar-refractivity contribution >= 4 is 17.3 Å². The van der Waals surface area contributed by atoms with Gasteiger partial charge in [0.25, 0.3) is 0 Å². The van der Waals surface area contributed by atoms with E-state index in [1.807, 2.05) is 37.5 Å². The van der Waals surface area contributed by atoms with E-state index in [0.29, 0.717) is 23.8 Å². The van der Waals surface area contributed by atoms with Crippen LogP contribution in [0.1, 0.15) is 37.8 Å². The van der Waals surface area contributed by atoms with Crippen LogP contribution in [0.4, 0.5) is 11.8 Å². The maximum Gasteiger partial charge on any atom is 0.225 e.